The summed E-state index contributed by atoms with van der Waals surface area (Å²) in [6.07, 6.45) is 1.79. The molecule has 2 atom stereocenters. The van der Waals surface area contributed by atoms with E-state index >= 15 is 0 Å². The van der Waals surface area contributed by atoms with E-state index in [1.165, 1.54) is 0 Å². The third-order valence-electron chi connectivity index (χ3n) is 3.53. The highest BCUT2D eigenvalue weighted by molar-refractivity contribution is 5.53. The van der Waals surface area contributed by atoms with Crippen LogP contribution >= 0.6 is 0 Å². The Morgan fingerprint density at radius 2 is 2.14 bits per heavy atom. The monoisotopic (exact) mass is 301 g/mol. The molecule has 1 aromatic heterocycles. The maximum atomic E-state index is 10.7. The summed E-state index contributed by atoms with van der Waals surface area (Å²) in [5, 5.41) is 13.9. The average molecular weight is 301 g/mol. The van der Waals surface area contributed by atoms with E-state index in [0.29, 0.717) is 6.61 Å². The van der Waals surface area contributed by atoms with Crippen LogP contribution < -0.4 is 11.1 Å². The first-order valence-electron chi connectivity index (χ1n) is 6.85. The molecule has 114 valence electrons. The van der Waals surface area contributed by atoms with Crippen molar-refractivity contribution >= 4 is 17.5 Å². The van der Waals surface area contributed by atoms with Crippen molar-refractivity contribution in [2.24, 2.45) is 0 Å². The molecule has 0 aliphatic carbocycles. The van der Waals surface area contributed by atoms with Gasteiger partial charge in [-0.2, -0.15) is 4.98 Å². The van der Waals surface area contributed by atoms with Gasteiger partial charge in [-0.15, -0.1) is 0 Å². The topological polar surface area (TPSA) is 116 Å². The molecule has 0 bridgehead atoms. The molecule has 1 fully saturated rings. The van der Waals surface area contributed by atoms with Gasteiger partial charge in [0.2, 0.25) is 11.8 Å². The zero-order valence-electron chi connectivity index (χ0n) is 11.7. The maximum absolute atomic E-state index is 10.7. The number of ether oxygens (including phenoxy) is 1. The smallest absolute Gasteiger partial charge is 0.329 e. The summed E-state index contributed by atoms with van der Waals surface area (Å²) in [5.41, 5.74) is 6.34. The fourth-order valence-electron chi connectivity index (χ4n) is 2.47. The quantitative estimate of drug-likeness (QED) is 0.654. The van der Waals surface area contributed by atoms with Gasteiger partial charge >= 0.3 is 5.69 Å². The first kappa shape index (κ1) is 14.2. The molecular weight excluding hydrogens is 286 g/mol. The first-order valence-corrected chi connectivity index (χ1v) is 6.85. The Morgan fingerprint density at radius 3 is 2.82 bits per heavy atom. The van der Waals surface area contributed by atoms with E-state index in [0.717, 1.165) is 18.2 Å². The minimum absolute atomic E-state index is 0.0109. The van der Waals surface area contributed by atoms with Crippen molar-refractivity contribution in [1.29, 1.82) is 0 Å². The van der Waals surface area contributed by atoms with Gasteiger partial charge in [0.15, 0.2) is 0 Å². The van der Waals surface area contributed by atoms with Crippen LogP contribution in [0.4, 0.5) is 17.5 Å². The van der Waals surface area contributed by atoms with E-state index in [-0.39, 0.29) is 29.6 Å². The van der Waals surface area contributed by atoms with Crippen LogP contribution in [-0.2, 0) is 4.74 Å². The van der Waals surface area contributed by atoms with Gasteiger partial charge < -0.3 is 15.8 Å². The van der Waals surface area contributed by atoms with Gasteiger partial charge in [-0.05, 0) is 12.0 Å². The third-order valence-corrected chi connectivity index (χ3v) is 3.53. The number of nitrogens with two attached hydrogens (primary N) is 1. The average Bonchev–Trinajstić information content (AvgIpc) is 2.96. The molecule has 8 nitrogen and oxygen atoms in total. The summed E-state index contributed by atoms with van der Waals surface area (Å²) in [4.78, 5) is 18.0. The number of nitrogens with zero attached hydrogens (tertiary/aromatic N) is 3. The number of aromatic nitrogens is 2. The van der Waals surface area contributed by atoms with Crippen molar-refractivity contribution in [3.63, 3.8) is 0 Å². The summed E-state index contributed by atoms with van der Waals surface area (Å²) >= 11 is 0. The van der Waals surface area contributed by atoms with E-state index in [1.54, 1.807) is 0 Å². The summed E-state index contributed by atoms with van der Waals surface area (Å²) < 4.78 is 5.76. The number of anilines is 2. The molecule has 8 heteroatoms. The molecule has 3 rings (SSSR count). The van der Waals surface area contributed by atoms with Gasteiger partial charge in [0.05, 0.1) is 11.0 Å². The maximum Gasteiger partial charge on any atom is 0.329 e. The molecule has 0 saturated carbocycles. The molecule has 2 heterocycles. The minimum Gasteiger partial charge on any atom is -0.378 e. The molecule has 1 aliphatic heterocycles. The van der Waals surface area contributed by atoms with Gasteiger partial charge in [0.25, 0.3) is 0 Å². The predicted molar refractivity (Wildman–Crippen MR) is 80.3 cm³/mol. The Hall–Kier alpha value is -2.74. The summed E-state index contributed by atoms with van der Waals surface area (Å²) in [7, 11) is 0. The molecule has 2 aromatic rings. The Morgan fingerprint density at radius 1 is 1.36 bits per heavy atom. The van der Waals surface area contributed by atoms with E-state index in [1.807, 2.05) is 30.3 Å². The lowest BCUT2D eigenvalue weighted by molar-refractivity contribution is -0.384. The lowest BCUT2D eigenvalue weighted by atomic mass is 10.0. The number of hydrogen-bond donors (Lipinski definition) is 2. The van der Waals surface area contributed by atoms with Crippen molar-refractivity contribution in [1.82, 2.24) is 9.97 Å². The molecule has 0 spiro atoms. The Labute approximate surface area is 126 Å². The highest BCUT2D eigenvalue weighted by Gasteiger charge is 2.30. The normalized spacial score (nSPS) is 20.7. The van der Waals surface area contributed by atoms with Crippen LogP contribution in [0.3, 0.4) is 0 Å². The van der Waals surface area contributed by atoms with Gasteiger partial charge in [-0.3, -0.25) is 10.1 Å². The summed E-state index contributed by atoms with van der Waals surface area (Å²) in [6, 6.07) is 9.83. The number of nitro groups is 1. The van der Waals surface area contributed by atoms with Crippen LogP contribution in [0.1, 0.15) is 18.1 Å². The predicted octanol–water partition coefficient (Wildman–Crippen LogP) is 1.91. The molecule has 3 N–H and O–H groups in total. The number of benzene rings is 1. The van der Waals surface area contributed by atoms with Gasteiger partial charge in [0.1, 0.15) is 12.3 Å². The molecule has 0 radical (unpaired) electrons. The Balaban J connectivity index is 1.78. The van der Waals surface area contributed by atoms with Gasteiger partial charge in [-0.25, -0.2) is 4.98 Å². The van der Waals surface area contributed by atoms with E-state index < -0.39 is 4.92 Å². The number of nitrogens with one attached hydrogen (secondary N) is 1. The standard InChI is InChI=1S/C14H15N5O3/c15-13-11(19(20)21)8-16-14(18-13)17-10-6-7-22-12(10)9-4-2-1-3-5-9/h1-5,8,10,12H,6-7H2,(H3,15,16,17,18)/t10-,12+/m1/s1. The van der Waals surface area contributed by atoms with Crippen molar-refractivity contribution in [3.05, 3.63) is 52.2 Å². The second-order valence-corrected chi connectivity index (χ2v) is 4.96. The molecule has 0 unspecified atom stereocenters. The van der Waals surface area contributed by atoms with Gasteiger partial charge in [-0.1, -0.05) is 30.3 Å². The van der Waals surface area contributed by atoms with Crippen LogP contribution in [0.15, 0.2) is 36.5 Å². The van der Waals surface area contributed by atoms with Crippen molar-refractivity contribution in [2.75, 3.05) is 17.7 Å². The zero-order valence-corrected chi connectivity index (χ0v) is 11.7. The van der Waals surface area contributed by atoms with Crippen LogP contribution in [-0.4, -0.2) is 27.5 Å². The minimum atomic E-state index is -0.607. The van der Waals surface area contributed by atoms with Crippen LogP contribution in [0.2, 0.25) is 0 Å². The summed E-state index contributed by atoms with van der Waals surface area (Å²) in [6.45, 7) is 0.625. The zero-order chi connectivity index (χ0) is 15.5. The second kappa shape index (κ2) is 5.94. The van der Waals surface area contributed by atoms with E-state index in [2.05, 4.69) is 15.3 Å². The molecule has 1 saturated heterocycles. The highest BCUT2D eigenvalue weighted by Crippen LogP contribution is 2.31. The SMILES string of the molecule is Nc1nc(N[C@@H]2CCO[C@H]2c2ccccc2)ncc1[N+](=O)[O-]. The second-order valence-electron chi connectivity index (χ2n) is 4.96. The molecule has 22 heavy (non-hydrogen) atoms. The lowest BCUT2D eigenvalue weighted by Crippen LogP contribution is -2.24. The van der Waals surface area contributed by atoms with E-state index in [9.17, 15) is 10.1 Å². The number of nitrogen functional groups attached to an aromatic ring is 1. The largest absolute Gasteiger partial charge is 0.378 e. The van der Waals surface area contributed by atoms with Crippen molar-refractivity contribution in [2.45, 2.75) is 18.6 Å². The Kier molecular flexibility index (Phi) is 3.84. The van der Waals surface area contributed by atoms with E-state index in [4.69, 9.17) is 10.5 Å². The lowest BCUT2D eigenvalue weighted by Gasteiger charge is -2.20. The first-order chi connectivity index (χ1) is 10.6. The Bertz CT molecular complexity index is 679. The third kappa shape index (κ3) is 2.82. The van der Waals surface area contributed by atoms with Crippen LogP contribution in [0, 0.1) is 10.1 Å². The molecule has 1 aliphatic rings. The molecular formula is C14H15N5O3. The fraction of sp³-hybridized carbons (Fsp3) is 0.286. The number of rotatable bonds is 4. The van der Waals surface area contributed by atoms with Crippen LogP contribution in [0.5, 0.6) is 0 Å². The highest BCUT2D eigenvalue weighted by atomic mass is 16.6. The van der Waals surface area contributed by atoms with Crippen molar-refractivity contribution in [3.8, 4) is 0 Å². The summed E-state index contributed by atoms with van der Waals surface area (Å²) in [5.74, 6) is 0.109. The van der Waals surface area contributed by atoms with Crippen LogP contribution in [0.25, 0.3) is 0 Å². The molecule has 1 aromatic carbocycles. The molecule has 0 amide bonds. The fourth-order valence-corrected chi connectivity index (χ4v) is 2.47. The van der Waals surface area contributed by atoms with Crippen molar-refractivity contribution < 1.29 is 9.66 Å². The number of hydrogen-bond acceptors (Lipinski definition) is 7. The van der Waals surface area contributed by atoms with Gasteiger partial charge in [0, 0.05) is 6.61 Å².